The summed E-state index contributed by atoms with van der Waals surface area (Å²) in [6.45, 7) is 7.15. The summed E-state index contributed by atoms with van der Waals surface area (Å²) in [6, 6.07) is 3.61. The molecule has 1 aromatic rings. The maximum Gasteiger partial charge on any atom is 0.289 e. The Labute approximate surface area is 183 Å². The molecule has 2 saturated heterocycles. The van der Waals surface area contributed by atoms with Gasteiger partial charge in [0.15, 0.2) is 21.6 Å². The topological polar surface area (TPSA) is 95.2 Å². The first kappa shape index (κ1) is 23.0. The van der Waals surface area contributed by atoms with Gasteiger partial charge in [-0.1, -0.05) is 0 Å². The zero-order valence-electron chi connectivity index (χ0n) is 16.3. The van der Waals surface area contributed by atoms with Gasteiger partial charge < -0.3 is 19.5 Å². The Morgan fingerprint density at radius 3 is 2.50 bits per heavy atom. The number of aliphatic imine (C=N–C) groups is 1. The predicted octanol–water partition coefficient (Wildman–Crippen LogP) is 1.44. The summed E-state index contributed by atoms with van der Waals surface area (Å²) < 4.78 is 28.5. The molecule has 158 valence electrons. The van der Waals surface area contributed by atoms with Gasteiger partial charge in [0, 0.05) is 38.8 Å². The average Bonchev–Trinajstić information content (AvgIpc) is 3.27. The van der Waals surface area contributed by atoms with E-state index in [-0.39, 0.29) is 53.3 Å². The summed E-state index contributed by atoms with van der Waals surface area (Å²) in [6.07, 6.45) is 2.19. The number of furan rings is 1. The van der Waals surface area contributed by atoms with E-state index < -0.39 is 9.84 Å². The third kappa shape index (κ3) is 6.10. The molecule has 0 aromatic carbocycles. The number of sulfone groups is 1. The lowest BCUT2D eigenvalue weighted by Crippen LogP contribution is -2.54. The Morgan fingerprint density at radius 1 is 1.29 bits per heavy atom. The first-order valence-electron chi connectivity index (χ1n) is 9.43. The fourth-order valence-electron chi connectivity index (χ4n) is 3.40. The minimum atomic E-state index is -2.89. The van der Waals surface area contributed by atoms with Gasteiger partial charge in [0.1, 0.15) is 0 Å². The van der Waals surface area contributed by atoms with Crippen molar-refractivity contribution >= 4 is 45.7 Å². The fraction of sp³-hybridized carbons (Fsp3) is 0.667. The molecule has 2 aliphatic heterocycles. The molecule has 28 heavy (non-hydrogen) atoms. The lowest BCUT2D eigenvalue weighted by atomic mass is 10.1. The predicted molar refractivity (Wildman–Crippen MR) is 119 cm³/mol. The summed E-state index contributed by atoms with van der Waals surface area (Å²) in [4.78, 5) is 21.0. The fourth-order valence-corrected chi connectivity index (χ4v) is 5.25. The number of carbonyl (C=O) groups is 1. The molecule has 1 aromatic heterocycles. The van der Waals surface area contributed by atoms with E-state index >= 15 is 0 Å². The number of hydrogen-bond acceptors (Lipinski definition) is 5. The normalized spacial score (nSPS) is 22.2. The van der Waals surface area contributed by atoms with Gasteiger partial charge in [-0.3, -0.25) is 9.79 Å². The molecule has 1 amide bonds. The number of piperazine rings is 1. The van der Waals surface area contributed by atoms with E-state index in [9.17, 15) is 13.2 Å². The molecule has 1 unspecified atom stereocenters. The highest BCUT2D eigenvalue weighted by Gasteiger charge is 2.29. The van der Waals surface area contributed by atoms with Crippen LogP contribution in [-0.4, -0.2) is 80.4 Å². The third-order valence-corrected chi connectivity index (χ3v) is 6.68. The van der Waals surface area contributed by atoms with E-state index in [2.05, 4.69) is 10.2 Å². The van der Waals surface area contributed by atoms with Gasteiger partial charge in [-0.05, 0) is 38.3 Å². The van der Waals surface area contributed by atoms with E-state index in [1.165, 1.54) is 6.26 Å². The summed E-state index contributed by atoms with van der Waals surface area (Å²) in [5, 5.41) is 3.37. The van der Waals surface area contributed by atoms with Crippen LogP contribution in [0.25, 0.3) is 0 Å². The zero-order chi connectivity index (χ0) is 19.4. The number of nitrogens with one attached hydrogen (secondary N) is 1. The van der Waals surface area contributed by atoms with Crippen molar-refractivity contribution in [3.05, 3.63) is 24.2 Å². The van der Waals surface area contributed by atoms with E-state index in [0.717, 1.165) is 5.96 Å². The molecular weight excluding hydrogens is 495 g/mol. The van der Waals surface area contributed by atoms with Crippen molar-refractivity contribution < 1.29 is 17.6 Å². The Morgan fingerprint density at radius 2 is 1.96 bits per heavy atom. The molecule has 8 nitrogen and oxygen atoms in total. The minimum absolute atomic E-state index is 0. The van der Waals surface area contributed by atoms with Crippen LogP contribution in [0.3, 0.4) is 0 Å². The Balaban J connectivity index is 0.00000280. The van der Waals surface area contributed by atoms with E-state index in [1.807, 2.05) is 13.8 Å². The Kier molecular flexibility index (Phi) is 8.17. The van der Waals surface area contributed by atoms with Crippen LogP contribution in [0.5, 0.6) is 0 Å². The number of rotatable bonds is 4. The SMILES string of the molecule is CC(C)NC(=NCC1CCS(=O)(=O)C1)N1CCN(C(=O)c2ccco2)CC1.I. The van der Waals surface area contributed by atoms with Crippen LogP contribution >= 0.6 is 24.0 Å². The van der Waals surface area contributed by atoms with Crippen molar-refractivity contribution in [3.63, 3.8) is 0 Å². The maximum absolute atomic E-state index is 12.4. The van der Waals surface area contributed by atoms with Crippen LogP contribution < -0.4 is 5.32 Å². The molecule has 1 N–H and O–H groups in total. The highest BCUT2D eigenvalue weighted by molar-refractivity contribution is 14.0. The average molecular weight is 524 g/mol. The summed E-state index contributed by atoms with van der Waals surface area (Å²) in [7, 11) is -2.89. The van der Waals surface area contributed by atoms with Crippen LogP contribution in [-0.2, 0) is 9.84 Å². The van der Waals surface area contributed by atoms with Crippen LogP contribution in [0.15, 0.2) is 27.8 Å². The van der Waals surface area contributed by atoms with Crippen LogP contribution in [0, 0.1) is 5.92 Å². The molecule has 3 heterocycles. The second kappa shape index (κ2) is 9.95. The van der Waals surface area contributed by atoms with Crippen molar-refractivity contribution in [2.45, 2.75) is 26.3 Å². The molecule has 0 radical (unpaired) electrons. The number of carbonyl (C=O) groups excluding carboxylic acids is 1. The molecule has 2 aliphatic rings. The smallest absolute Gasteiger partial charge is 0.289 e. The highest BCUT2D eigenvalue weighted by atomic mass is 127. The minimum Gasteiger partial charge on any atom is -0.459 e. The number of amides is 1. The molecule has 2 fully saturated rings. The first-order valence-corrected chi connectivity index (χ1v) is 11.3. The zero-order valence-corrected chi connectivity index (χ0v) is 19.5. The summed E-state index contributed by atoms with van der Waals surface area (Å²) >= 11 is 0. The van der Waals surface area contributed by atoms with Gasteiger partial charge in [-0.15, -0.1) is 24.0 Å². The van der Waals surface area contributed by atoms with Gasteiger partial charge in [-0.2, -0.15) is 0 Å². The molecule has 1 atom stereocenters. The molecule has 0 aliphatic carbocycles. The van der Waals surface area contributed by atoms with Crippen molar-refractivity contribution in [2.75, 3.05) is 44.2 Å². The van der Waals surface area contributed by atoms with Crippen LogP contribution in [0.1, 0.15) is 30.8 Å². The van der Waals surface area contributed by atoms with E-state index in [0.29, 0.717) is 44.9 Å². The second-order valence-electron chi connectivity index (χ2n) is 7.49. The summed E-state index contributed by atoms with van der Waals surface area (Å²) in [5.41, 5.74) is 0. The Hall–Kier alpha value is -1.30. The standard InChI is InChI=1S/C18H28N4O4S.HI/c1-14(2)20-18(19-12-15-5-11-27(24,25)13-15)22-8-6-21(7-9-22)17(23)16-4-3-10-26-16;/h3-4,10,14-15H,5-9,11-13H2,1-2H3,(H,19,20);1H. The van der Waals surface area contributed by atoms with Crippen molar-refractivity contribution in [1.82, 2.24) is 15.1 Å². The molecular formula is C18H29IN4O4S. The van der Waals surface area contributed by atoms with E-state index in [4.69, 9.17) is 9.41 Å². The van der Waals surface area contributed by atoms with Crippen molar-refractivity contribution in [1.29, 1.82) is 0 Å². The summed E-state index contributed by atoms with van der Waals surface area (Å²) in [5.74, 6) is 1.66. The molecule has 3 rings (SSSR count). The van der Waals surface area contributed by atoms with Crippen LogP contribution in [0.4, 0.5) is 0 Å². The van der Waals surface area contributed by atoms with Gasteiger partial charge in [0.2, 0.25) is 0 Å². The van der Waals surface area contributed by atoms with Gasteiger partial charge in [0.25, 0.3) is 5.91 Å². The molecule has 0 saturated carbocycles. The van der Waals surface area contributed by atoms with Crippen LogP contribution in [0.2, 0.25) is 0 Å². The second-order valence-corrected chi connectivity index (χ2v) is 9.72. The van der Waals surface area contributed by atoms with E-state index in [1.54, 1.807) is 17.0 Å². The van der Waals surface area contributed by atoms with Crippen molar-refractivity contribution in [3.8, 4) is 0 Å². The number of halogens is 1. The quantitative estimate of drug-likeness (QED) is 0.364. The van der Waals surface area contributed by atoms with Gasteiger partial charge >= 0.3 is 0 Å². The maximum atomic E-state index is 12.4. The molecule has 10 heteroatoms. The third-order valence-electron chi connectivity index (χ3n) is 4.84. The highest BCUT2D eigenvalue weighted by Crippen LogP contribution is 2.19. The number of hydrogen-bond donors (Lipinski definition) is 1. The largest absolute Gasteiger partial charge is 0.459 e. The molecule has 0 spiro atoms. The monoisotopic (exact) mass is 524 g/mol. The molecule has 0 bridgehead atoms. The number of nitrogens with zero attached hydrogens (tertiary/aromatic N) is 3. The first-order chi connectivity index (χ1) is 12.8. The lowest BCUT2D eigenvalue weighted by molar-refractivity contribution is 0.0657. The van der Waals surface area contributed by atoms with Gasteiger partial charge in [-0.25, -0.2) is 8.42 Å². The van der Waals surface area contributed by atoms with Crippen molar-refractivity contribution in [2.24, 2.45) is 10.9 Å². The lowest BCUT2D eigenvalue weighted by Gasteiger charge is -2.36. The number of guanidine groups is 1. The Bertz CT molecular complexity index is 772. The van der Waals surface area contributed by atoms with Gasteiger partial charge in [0.05, 0.1) is 17.8 Å².